The minimum Gasteiger partial charge on any atom is -0.497 e. The summed E-state index contributed by atoms with van der Waals surface area (Å²) in [5, 5.41) is 0. The lowest BCUT2D eigenvalue weighted by Gasteiger charge is -2.15. The molecule has 5 nitrogen and oxygen atoms in total. The molecule has 4 rings (SSSR count). The van der Waals surface area contributed by atoms with Crippen molar-refractivity contribution in [1.82, 2.24) is 4.72 Å². The normalized spacial score (nSPS) is 17.1. The first-order valence-electron chi connectivity index (χ1n) is 8.47. The second-order valence-electron chi connectivity index (χ2n) is 6.17. The van der Waals surface area contributed by atoms with Crippen molar-refractivity contribution in [3.8, 4) is 5.75 Å². The van der Waals surface area contributed by atoms with Crippen molar-refractivity contribution in [2.24, 2.45) is 4.99 Å². The molecule has 136 valence electrons. The minimum atomic E-state index is -3.58. The number of amidine groups is 1. The van der Waals surface area contributed by atoms with Gasteiger partial charge in [0.1, 0.15) is 17.6 Å². The molecule has 0 radical (unpaired) electrons. The van der Waals surface area contributed by atoms with Crippen molar-refractivity contribution < 1.29 is 13.2 Å². The van der Waals surface area contributed by atoms with Crippen molar-refractivity contribution in [2.75, 3.05) is 7.11 Å². The second-order valence-corrected chi connectivity index (χ2v) is 7.82. The molecule has 3 aromatic rings. The predicted octanol–water partition coefficient (Wildman–Crippen LogP) is 3.52. The molecule has 0 aliphatic carbocycles. The monoisotopic (exact) mass is 378 g/mol. The van der Waals surface area contributed by atoms with E-state index < -0.39 is 10.0 Å². The Labute approximate surface area is 158 Å². The molecule has 0 saturated heterocycles. The SMILES string of the molecule is COc1ccc(C(N=C2NS(=O)(=O)c3ccccc32)c2ccccc2)cc1. The molecule has 0 aromatic heterocycles. The summed E-state index contributed by atoms with van der Waals surface area (Å²) >= 11 is 0. The van der Waals surface area contributed by atoms with E-state index in [2.05, 4.69) is 4.72 Å². The number of hydrogen-bond donors (Lipinski definition) is 1. The highest BCUT2D eigenvalue weighted by Crippen LogP contribution is 2.30. The van der Waals surface area contributed by atoms with Gasteiger partial charge in [0.15, 0.2) is 0 Å². The molecule has 0 fully saturated rings. The predicted molar refractivity (Wildman–Crippen MR) is 105 cm³/mol. The lowest BCUT2D eigenvalue weighted by atomic mass is 9.99. The highest BCUT2D eigenvalue weighted by molar-refractivity contribution is 7.90. The van der Waals surface area contributed by atoms with E-state index in [0.717, 1.165) is 16.9 Å². The van der Waals surface area contributed by atoms with Crippen LogP contribution >= 0.6 is 0 Å². The van der Waals surface area contributed by atoms with Crippen molar-refractivity contribution in [2.45, 2.75) is 10.9 Å². The van der Waals surface area contributed by atoms with Gasteiger partial charge in [-0.3, -0.25) is 9.71 Å². The summed E-state index contributed by atoms with van der Waals surface area (Å²) in [7, 11) is -1.96. The Morgan fingerprint density at radius 3 is 2.19 bits per heavy atom. The smallest absolute Gasteiger partial charge is 0.263 e. The first-order chi connectivity index (χ1) is 13.1. The zero-order chi connectivity index (χ0) is 18.9. The Balaban J connectivity index is 1.84. The zero-order valence-electron chi connectivity index (χ0n) is 14.7. The van der Waals surface area contributed by atoms with Gasteiger partial charge < -0.3 is 4.74 Å². The van der Waals surface area contributed by atoms with Crippen LogP contribution in [0.1, 0.15) is 22.7 Å². The molecule has 1 unspecified atom stereocenters. The van der Waals surface area contributed by atoms with Gasteiger partial charge in [0.05, 0.1) is 12.0 Å². The Bertz CT molecular complexity index is 1090. The van der Waals surface area contributed by atoms with Crippen LogP contribution in [0.25, 0.3) is 0 Å². The summed E-state index contributed by atoms with van der Waals surface area (Å²) in [6.45, 7) is 0. The van der Waals surface area contributed by atoms with Crippen molar-refractivity contribution >= 4 is 15.9 Å². The maximum Gasteiger partial charge on any atom is 0.263 e. The molecule has 0 amide bonds. The van der Waals surface area contributed by atoms with E-state index in [1.807, 2.05) is 60.7 Å². The summed E-state index contributed by atoms with van der Waals surface area (Å²) in [6, 6.07) is 23.9. The van der Waals surface area contributed by atoms with E-state index in [-0.39, 0.29) is 10.9 Å². The summed E-state index contributed by atoms with van der Waals surface area (Å²) in [5.41, 5.74) is 2.50. The topological polar surface area (TPSA) is 67.8 Å². The molecule has 0 saturated carbocycles. The molecule has 1 aliphatic rings. The van der Waals surface area contributed by atoms with Gasteiger partial charge in [-0.2, -0.15) is 0 Å². The van der Waals surface area contributed by atoms with Gasteiger partial charge in [0, 0.05) is 5.56 Å². The molecule has 1 aliphatic heterocycles. The fourth-order valence-corrected chi connectivity index (χ4v) is 4.36. The quantitative estimate of drug-likeness (QED) is 0.755. The fraction of sp³-hybridized carbons (Fsp3) is 0.0952. The van der Waals surface area contributed by atoms with Crippen LogP contribution in [0, 0.1) is 0 Å². The highest BCUT2D eigenvalue weighted by atomic mass is 32.2. The van der Waals surface area contributed by atoms with E-state index in [4.69, 9.17) is 9.73 Å². The first kappa shape index (κ1) is 17.3. The van der Waals surface area contributed by atoms with Crippen LogP contribution in [-0.2, 0) is 10.0 Å². The van der Waals surface area contributed by atoms with Crippen molar-refractivity contribution in [3.05, 3.63) is 95.6 Å². The summed E-state index contributed by atoms with van der Waals surface area (Å²) < 4.78 is 32.6. The number of rotatable bonds is 4. The number of ether oxygens (including phenoxy) is 1. The van der Waals surface area contributed by atoms with Crippen LogP contribution in [0.15, 0.2) is 88.8 Å². The number of hydrogen-bond acceptors (Lipinski definition) is 4. The molecule has 0 spiro atoms. The van der Waals surface area contributed by atoms with Gasteiger partial charge in [0.2, 0.25) is 0 Å². The van der Waals surface area contributed by atoms with Gasteiger partial charge in [-0.05, 0) is 35.4 Å². The van der Waals surface area contributed by atoms with Crippen LogP contribution < -0.4 is 9.46 Å². The van der Waals surface area contributed by atoms with E-state index in [9.17, 15) is 8.42 Å². The Morgan fingerprint density at radius 2 is 1.48 bits per heavy atom. The van der Waals surface area contributed by atoms with Crippen LogP contribution in [0.2, 0.25) is 0 Å². The number of nitrogens with zero attached hydrogens (tertiary/aromatic N) is 1. The van der Waals surface area contributed by atoms with Crippen molar-refractivity contribution in [3.63, 3.8) is 0 Å². The Hall–Kier alpha value is -3.12. The van der Waals surface area contributed by atoms with E-state index in [0.29, 0.717) is 11.4 Å². The average molecular weight is 378 g/mol. The third-order valence-corrected chi connectivity index (χ3v) is 5.86. The largest absolute Gasteiger partial charge is 0.497 e. The maximum atomic E-state index is 12.4. The van der Waals surface area contributed by atoms with E-state index in [1.165, 1.54) is 0 Å². The van der Waals surface area contributed by atoms with Crippen LogP contribution in [0.4, 0.5) is 0 Å². The lowest BCUT2D eigenvalue weighted by molar-refractivity contribution is 0.414. The molecule has 1 atom stereocenters. The Kier molecular flexibility index (Phi) is 4.41. The van der Waals surface area contributed by atoms with Gasteiger partial charge in [-0.15, -0.1) is 0 Å². The Morgan fingerprint density at radius 1 is 0.852 bits per heavy atom. The zero-order valence-corrected chi connectivity index (χ0v) is 15.5. The van der Waals surface area contributed by atoms with Gasteiger partial charge in [0.25, 0.3) is 10.0 Å². The number of fused-ring (bicyclic) bond motifs is 1. The number of nitrogens with one attached hydrogen (secondary N) is 1. The van der Waals surface area contributed by atoms with Crippen LogP contribution in [-0.4, -0.2) is 21.4 Å². The molecule has 27 heavy (non-hydrogen) atoms. The number of methoxy groups -OCH3 is 1. The maximum absolute atomic E-state index is 12.4. The first-order valence-corrected chi connectivity index (χ1v) is 9.96. The minimum absolute atomic E-state index is 0.255. The summed E-state index contributed by atoms with van der Waals surface area (Å²) in [5.74, 6) is 1.11. The molecule has 0 bridgehead atoms. The third-order valence-electron chi connectivity index (χ3n) is 4.47. The third kappa shape index (κ3) is 3.31. The molecule has 3 aromatic carbocycles. The number of aliphatic imine (C=N–C) groups is 1. The molecule has 6 heteroatoms. The van der Waals surface area contributed by atoms with E-state index in [1.54, 1.807) is 25.3 Å². The standard InChI is InChI=1S/C21H18N2O3S/c1-26-17-13-11-16(12-14-17)20(15-7-3-2-4-8-15)22-21-18-9-5-6-10-19(18)27(24,25)23-21/h2-14,20H,1H3,(H,22,23). The molecule has 1 N–H and O–H groups in total. The average Bonchev–Trinajstić information content (AvgIpc) is 2.97. The summed E-state index contributed by atoms with van der Waals surface area (Å²) in [6.07, 6.45) is 0. The second kappa shape index (κ2) is 6.89. The van der Waals surface area contributed by atoms with Gasteiger partial charge >= 0.3 is 0 Å². The molecular formula is C21H18N2O3S. The molecular weight excluding hydrogens is 360 g/mol. The van der Waals surface area contributed by atoms with Crippen LogP contribution in [0.5, 0.6) is 5.75 Å². The molecule has 1 heterocycles. The lowest BCUT2D eigenvalue weighted by Crippen LogP contribution is -2.23. The van der Waals surface area contributed by atoms with Crippen LogP contribution in [0.3, 0.4) is 0 Å². The summed E-state index contributed by atoms with van der Waals surface area (Å²) in [4.78, 5) is 5.05. The highest BCUT2D eigenvalue weighted by Gasteiger charge is 2.31. The van der Waals surface area contributed by atoms with Gasteiger partial charge in [-0.25, -0.2) is 8.42 Å². The van der Waals surface area contributed by atoms with Crippen molar-refractivity contribution in [1.29, 1.82) is 0 Å². The van der Waals surface area contributed by atoms with E-state index >= 15 is 0 Å². The number of benzene rings is 3. The van der Waals surface area contributed by atoms with Gasteiger partial charge in [-0.1, -0.05) is 54.6 Å². The fourth-order valence-electron chi connectivity index (χ4n) is 3.12. The number of sulfonamides is 1.